The molecule has 4 rings (SSSR count). The average molecular weight is 413 g/mol. The number of fused-ring (bicyclic) bond motifs is 1. The highest BCUT2D eigenvalue weighted by molar-refractivity contribution is 9.10. The Hall–Kier alpha value is -2.05. The van der Waals surface area contributed by atoms with Crippen molar-refractivity contribution < 1.29 is 5.11 Å². The summed E-state index contributed by atoms with van der Waals surface area (Å²) in [6.45, 7) is 4.11. The van der Waals surface area contributed by atoms with Crippen molar-refractivity contribution >= 4 is 27.1 Å². The third-order valence-corrected chi connectivity index (χ3v) is 5.46. The first-order valence-electron chi connectivity index (χ1n) is 8.83. The third kappa shape index (κ3) is 3.31. The molecular weight excluding hydrogens is 392 g/mol. The van der Waals surface area contributed by atoms with Crippen molar-refractivity contribution in [3.8, 4) is 17.0 Å². The van der Waals surface area contributed by atoms with Gasteiger partial charge in [-0.3, -0.25) is 4.98 Å². The van der Waals surface area contributed by atoms with Crippen molar-refractivity contribution in [1.29, 1.82) is 0 Å². The van der Waals surface area contributed by atoms with Gasteiger partial charge in [0, 0.05) is 28.7 Å². The number of phenolic OH excluding ortho intramolecular Hbond substituents is 1. The van der Waals surface area contributed by atoms with Crippen molar-refractivity contribution in [2.75, 3.05) is 20.1 Å². The van der Waals surface area contributed by atoms with Gasteiger partial charge in [-0.15, -0.1) is 0 Å². The number of pyridine rings is 1. The molecule has 5 nitrogen and oxygen atoms in total. The fourth-order valence-corrected chi connectivity index (χ4v) is 4.27. The second-order valence-corrected chi connectivity index (χ2v) is 7.97. The summed E-state index contributed by atoms with van der Waals surface area (Å²) in [5.41, 5.74) is 4.82. The van der Waals surface area contributed by atoms with E-state index < -0.39 is 0 Å². The number of likely N-dealkylation sites (N-methyl/N-ethyl adjacent to an activating group) is 1. The van der Waals surface area contributed by atoms with E-state index in [0.29, 0.717) is 17.3 Å². The van der Waals surface area contributed by atoms with Gasteiger partial charge in [-0.05, 0) is 63.2 Å². The molecule has 1 aliphatic rings. The number of phenols is 1. The summed E-state index contributed by atoms with van der Waals surface area (Å²) in [5.74, 6) is 0.612. The van der Waals surface area contributed by atoms with E-state index in [1.807, 2.05) is 31.3 Å². The van der Waals surface area contributed by atoms with Crippen LogP contribution in [-0.2, 0) is 0 Å². The summed E-state index contributed by atoms with van der Waals surface area (Å²) in [6, 6.07) is 7.47. The molecule has 134 valence electrons. The Morgan fingerprint density at radius 3 is 2.85 bits per heavy atom. The fraction of sp³-hybridized carbons (Fsp3) is 0.350. The second kappa shape index (κ2) is 6.93. The van der Waals surface area contributed by atoms with Gasteiger partial charge in [-0.1, -0.05) is 15.9 Å². The minimum atomic E-state index is 0.210. The van der Waals surface area contributed by atoms with Crippen molar-refractivity contribution in [2.24, 2.45) is 0 Å². The van der Waals surface area contributed by atoms with Crippen LogP contribution >= 0.6 is 15.9 Å². The summed E-state index contributed by atoms with van der Waals surface area (Å²) in [4.78, 5) is 16.4. The van der Waals surface area contributed by atoms with E-state index in [4.69, 9.17) is 9.97 Å². The maximum absolute atomic E-state index is 10.4. The monoisotopic (exact) mass is 412 g/mol. The first-order valence-corrected chi connectivity index (χ1v) is 9.62. The normalized spacial score (nSPS) is 18.3. The van der Waals surface area contributed by atoms with Gasteiger partial charge in [0.05, 0.1) is 11.4 Å². The Morgan fingerprint density at radius 2 is 2.08 bits per heavy atom. The first kappa shape index (κ1) is 17.4. The molecule has 0 saturated carbocycles. The van der Waals surface area contributed by atoms with E-state index in [2.05, 4.69) is 32.9 Å². The molecule has 1 aliphatic heterocycles. The van der Waals surface area contributed by atoms with Gasteiger partial charge in [0.2, 0.25) is 0 Å². The van der Waals surface area contributed by atoms with Crippen LogP contribution in [0.15, 0.2) is 34.9 Å². The van der Waals surface area contributed by atoms with Crippen molar-refractivity contribution in [3.05, 3.63) is 46.2 Å². The van der Waals surface area contributed by atoms with Crippen molar-refractivity contribution in [3.63, 3.8) is 0 Å². The molecule has 3 heterocycles. The SMILES string of the molecule is Cc1cc(Br)cc(O)c1-c1ccc2ncc([C@@H]3CCCN(C)C3)nc2n1. The van der Waals surface area contributed by atoms with Crippen LogP contribution in [0.5, 0.6) is 5.75 Å². The molecule has 1 saturated heterocycles. The molecule has 6 heteroatoms. The Bertz CT molecular complexity index is 952. The molecule has 0 radical (unpaired) electrons. The van der Waals surface area contributed by atoms with Crippen LogP contribution in [0.3, 0.4) is 0 Å². The maximum atomic E-state index is 10.4. The summed E-state index contributed by atoms with van der Waals surface area (Å²) in [5, 5.41) is 10.4. The number of hydrogen-bond donors (Lipinski definition) is 1. The summed E-state index contributed by atoms with van der Waals surface area (Å²) >= 11 is 3.41. The number of hydrogen-bond acceptors (Lipinski definition) is 5. The number of benzene rings is 1. The molecule has 0 aliphatic carbocycles. The second-order valence-electron chi connectivity index (χ2n) is 7.05. The number of aromatic nitrogens is 3. The van der Waals surface area contributed by atoms with E-state index in [-0.39, 0.29) is 5.75 Å². The van der Waals surface area contributed by atoms with Gasteiger partial charge < -0.3 is 10.0 Å². The Kier molecular flexibility index (Phi) is 4.63. The highest BCUT2D eigenvalue weighted by atomic mass is 79.9. The van der Waals surface area contributed by atoms with Crippen LogP contribution < -0.4 is 0 Å². The molecule has 3 aromatic rings. The van der Waals surface area contributed by atoms with Gasteiger partial charge in [0.1, 0.15) is 11.3 Å². The molecule has 26 heavy (non-hydrogen) atoms. The molecule has 2 aromatic heterocycles. The molecule has 1 N–H and O–H groups in total. The van der Waals surface area contributed by atoms with Crippen LogP contribution in [0.2, 0.25) is 0 Å². The molecule has 0 unspecified atom stereocenters. The minimum absolute atomic E-state index is 0.210. The highest BCUT2D eigenvalue weighted by Crippen LogP contribution is 2.35. The smallest absolute Gasteiger partial charge is 0.179 e. The number of likely N-dealkylation sites (tertiary alicyclic amines) is 1. The number of piperidine rings is 1. The van der Waals surface area contributed by atoms with Crippen LogP contribution in [0.25, 0.3) is 22.4 Å². The Morgan fingerprint density at radius 1 is 1.23 bits per heavy atom. The lowest BCUT2D eigenvalue weighted by molar-refractivity contribution is 0.248. The standard InChI is InChI=1S/C20H21BrN4O/c1-12-8-14(21)9-18(26)19(12)15-5-6-16-20(23-15)24-17(10-22-16)13-4-3-7-25(2)11-13/h5-6,8-10,13,26H,3-4,7,11H2,1-2H3/t13-/m1/s1. The summed E-state index contributed by atoms with van der Waals surface area (Å²) in [7, 11) is 2.15. The maximum Gasteiger partial charge on any atom is 0.179 e. The van der Waals surface area contributed by atoms with Crippen LogP contribution in [0.1, 0.15) is 30.0 Å². The Balaban J connectivity index is 1.77. The number of halogens is 1. The van der Waals surface area contributed by atoms with Crippen LogP contribution in [0, 0.1) is 6.92 Å². The predicted octanol–water partition coefficient (Wildman–Crippen LogP) is 4.28. The van der Waals surface area contributed by atoms with E-state index in [1.165, 1.54) is 6.42 Å². The zero-order chi connectivity index (χ0) is 18.3. The van der Waals surface area contributed by atoms with Gasteiger partial charge in [-0.25, -0.2) is 9.97 Å². The van der Waals surface area contributed by atoms with Gasteiger partial charge in [0.15, 0.2) is 5.65 Å². The molecule has 0 spiro atoms. The fourth-order valence-electron chi connectivity index (χ4n) is 3.71. The van der Waals surface area contributed by atoms with E-state index >= 15 is 0 Å². The number of aromatic hydroxyl groups is 1. The van der Waals surface area contributed by atoms with Crippen molar-refractivity contribution in [2.45, 2.75) is 25.7 Å². The number of nitrogens with zero attached hydrogens (tertiary/aromatic N) is 4. The molecule has 1 fully saturated rings. The minimum Gasteiger partial charge on any atom is -0.507 e. The quantitative estimate of drug-likeness (QED) is 0.680. The van der Waals surface area contributed by atoms with Crippen molar-refractivity contribution in [1.82, 2.24) is 19.9 Å². The Labute approximate surface area is 161 Å². The van der Waals surface area contributed by atoms with E-state index in [0.717, 1.165) is 46.3 Å². The lowest BCUT2D eigenvalue weighted by Gasteiger charge is -2.29. The zero-order valence-corrected chi connectivity index (χ0v) is 16.5. The molecule has 0 amide bonds. The van der Waals surface area contributed by atoms with Gasteiger partial charge in [0.25, 0.3) is 0 Å². The molecule has 1 aromatic carbocycles. The van der Waals surface area contributed by atoms with Gasteiger partial charge in [-0.2, -0.15) is 0 Å². The van der Waals surface area contributed by atoms with Gasteiger partial charge >= 0.3 is 0 Å². The van der Waals surface area contributed by atoms with Crippen LogP contribution in [-0.4, -0.2) is 45.1 Å². The zero-order valence-electron chi connectivity index (χ0n) is 14.9. The van der Waals surface area contributed by atoms with E-state index in [1.54, 1.807) is 6.07 Å². The van der Waals surface area contributed by atoms with Crippen LogP contribution in [0.4, 0.5) is 0 Å². The topological polar surface area (TPSA) is 62.1 Å². The number of rotatable bonds is 2. The van der Waals surface area contributed by atoms with E-state index in [9.17, 15) is 5.11 Å². The molecular formula is C20H21BrN4O. The summed E-state index contributed by atoms with van der Waals surface area (Å²) < 4.78 is 0.848. The molecule has 0 bridgehead atoms. The predicted molar refractivity (Wildman–Crippen MR) is 106 cm³/mol. The molecule has 1 atom stereocenters. The third-order valence-electron chi connectivity index (χ3n) is 5.00. The lowest BCUT2D eigenvalue weighted by atomic mass is 9.95. The highest BCUT2D eigenvalue weighted by Gasteiger charge is 2.21. The lowest BCUT2D eigenvalue weighted by Crippen LogP contribution is -2.31. The number of aryl methyl sites for hydroxylation is 1. The summed E-state index contributed by atoms with van der Waals surface area (Å²) in [6.07, 6.45) is 4.20. The largest absolute Gasteiger partial charge is 0.507 e. The average Bonchev–Trinajstić information content (AvgIpc) is 2.60. The first-order chi connectivity index (χ1) is 12.5.